The number of methoxy groups -OCH3 is 1. The van der Waals surface area contributed by atoms with Gasteiger partial charge < -0.3 is 10.1 Å². The molecule has 0 aliphatic heterocycles. The third-order valence-corrected chi connectivity index (χ3v) is 5.11. The maximum atomic E-state index is 11.9. The average molecular weight is 351 g/mol. The van der Waals surface area contributed by atoms with Gasteiger partial charge in [-0.1, -0.05) is 13.8 Å². The number of nitrogens with zero attached hydrogens (tertiary/aromatic N) is 1. The van der Waals surface area contributed by atoms with Crippen molar-refractivity contribution >= 4 is 34.1 Å². The SMILES string of the molecule is COc1ccc(SCCCC(=O)Nc2nc(C(C)C)cs2)cc1. The van der Waals surface area contributed by atoms with E-state index < -0.39 is 0 Å². The minimum atomic E-state index is 0.0324. The number of carbonyl (C=O) groups is 1. The van der Waals surface area contributed by atoms with E-state index in [0.717, 1.165) is 23.6 Å². The summed E-state index contributed by atoms with van der Waals surface area (Å²) in [7, 11) is 1.66. The first-order valence-electron chi connectivity index (χ1n) is 7.60. The van der Waals surface area contributed by atoms with Gasteiger partial charge in [0, 0.05) is 16.7 Å². The van der Waals surface area contributed by atoms with Crippen LogP contribution >= 0.6 is 23.1 Å². The lowest BCUT2D eigenvalue weighted by Gasteiger charge is -2.04. The molecule has 2 rings (SSSR count). The summed E-state index contributed by atoms with van der Waals surface area (Å²) in [5, 5.41) is 5.57. The van der Waals surface area contributed by atoms with E-state index in [1.807, 2.05) is 29.6 Å². The van der Waals surface area contributed by atoms with Crippen LogP contribution in [0, 0.1) is 0 Å². The van der Waals surface area contributed by atoms with Crippen molar-refractivity contribution in [1.82, 2.24) is 4.98 Å². The molecule has 1 aromatic heterocycles. The van der Waals surface area contributed by atoms with E-state index in [9.17, 15) is 4.79 Å². The van der Waals surface area contributed by atoms with Gasteiger partial charge in [-0.2, -0.15) is 0 Å². The van der Waals surface area contributed by atoms with Crippen LogP contribution in [0.4, 0.5) is 5.13 Å². The molecule has 0 bridgehead atoms. The minimum Gasteiger partial charge on any atom is -0.497 e. The maximum Gasteiger partial charge on any atom is 0.226 e. The van der Waals surface area contributed by atoms with Crippen molar-refractivity contribution in [2.75, 3.05) is 18.2 Å². The second-order valence-corrected chi connectivity index (χ2v) is 7.43. The first-order valence-corrected chi connectivity index (χ1v) is 9.47. The van der Waals surface area contributed by atoms with Crippen LogP contribution in [0.25, 0.3) is 0 Å². The highest BCUT2D eigenvalue weighted by molar-refractivity contribution is 7.99. The van der Waals surface area contributed by atoms with Crippen LogP contribution in [-0.2, 0) is 4.79 Å². The van der Waals surface area contributed by atoms with Crippen molar-refractivity contribution in [3.63, 3.8) is 0 Å². The molecule has 23 heavy (non-hydrogen) atoms. The Morgan fingerprint density at radius 2 is 2.09 bits per heavy atom. The zero-order chi connectivity index (χ0) is 16.7. The van der Waals surface area contributed by atoms with Gasteiger partial charge >= 0.3 is 0 Å². The zero-order valence-corrected chi connectivity index (χ0v) is 15.3. The molecule has 1 amide bonds. The average Bonchev–Trinajstić information content (AvgIpc) is 3.01. The van der Waals surface area contributed by atoms with Gasteiger partial charge in [0.05, 0.1) is 12.8 Å². The number of hydrogen-bond acceptors (Lipinski definition) is 5. The zero-order valence-electron chi connectivity index (χ0n) is 13.7. The molecule has 0 spiro atoms. The molecule has 0 saturated heterocycles. The number of ether oxygens (including phenoxy) is 1. The number of thiazole rings is 1. The number of nitrogens with one attached hydrogen (secondary N) is 1. The van der Waals surface area contributed by atoms with E-state index in [1.54, 1.807) is 18.9 Å². The van der Waals surface area contributed by atoms with Gasteiger partial charge in [0.15, 0.2) is 5.13 Å². The van der Waals surface area contributed by atoms with Crippen LogP contribution < -0.4 is 10.1 Å². The van der Waals surface area contributed by atoms with Crippen LogP contribution in [-0.4, -0.2) is 23.8 Å². The summed E-state index contributed by atoms with van der Waals surface area (Å²) in [6.07, 6.45) is 1.35. The monoisotopic (exact) mass is 350 g/mol. The van der Waals surface area contributed by atoms with Crippen LogP contribution in [0.3, 0.4) is 0 Å². The predicted octanol–water partition coefficient (Wildman–Crippen LogP) is 4.79. The van der Waals surface area contributed by atoms with Gasteiger partial charge in [-0.25, -0.2) is 4.98 Å². The molecule has 0 fully saturated rings. The maximum absolute atomic E-state index is 11.9. The molecular formula is C17H22N2O2S2. The molecule has 0 aliphatic rings. The fraction of sp³-hybridized carbons (Fsp3) is 0.412. The molecule has 1 aromatic carbocycles. The Kier molecular flexibility index (Phi) is 6.92. The van der Waals surface area contributed by atoms with Crippen LogP contribution in [0.15, 0.2) is 34.5 Å². The lowest BCUT2D eigenvalue weighted by Crippen LogP contribution is -2.11. The molecule has 1 heterocycles. The molecule has 0 radical (unpaired) electrons. The van der Waals surface area contributed by atoms with E-state index in [4.69, 9.17) is 4.74 Å². The highest BCUT2D eigenvalue weighted by Gasteiger charge is 2.08. The van der Waals surface area contributed by atoms with E-state index >= 15 is 0 Å². The summed E-state index contributed by atoms with van der Waals surface area (Å²) >= 11 is 3.23. The van der Waals surface area contributed by atoms with Gasteiger partial charge in [0.2, 0.25) is 5.91 Å². The molecule has 4 nitrogen and oxygen atoms in total. The molecule has 0 atom stereocenters. The van der Waals surface area contributed by atoms with E-state index in [0.29, 0.717) is 17.5 Å². The van der Waals surface area contributed by atoms with Gasteiger partial charge in [-0.3, -0.25) is 4.79 Å². The smallest absolute Gasteiger partial charge is 0.226 e. The molecule has 6 heteroatoms. The van der Waals surface area contributed by atoms with Crippen LogP contribution in [0.1, 0.15) is 38.3 Å². The lowest BCUT2D eigenvalue weighted by molar-refractivity contribution is -0.116. The number of amides is 1. The Hall–Kier alpha value is -1.53. The first-order chi connectivity index (χ1) is 11.1. The van der Waals surface area contributed by atoms with Gasteiger partial charge in [-0.05, 0) is 42.4 Å². The molecule has 124 valence electrons. The third kappa shape index (κ3) is 5.88. The second-order valence-electron chi connectivity index (χ2n) is 5.41. The summed E-state index contributed by atoms with van der Waals surface area (Å²) in [5.41, 5.74) is 1.03. The van der Waals surface area contributed by atoms with E-state index in [2.05, 4.69) is 24.1 Å². The van der Waals surface area contributed by atoms with Gasteiger partial charge in [0.1, 0.15) is 5.75 Å². The van der Waals surface area contributed by atoms with Crippen molar-refractivity contribution in [1.29, 1.82) is 0 Å². The summed E-state index contributed by atoms with van der Waals surface area (Å²) < 4.78 is 5.13. The lowest BCUT2D eigenvalue weighted by atomic mass is 10.2. The number of thioether (sulfide) groups is 1. The number of carbonyl (C=O) groups excluding carboxylic acids is 1. The summed E-state index contributed by atoms with van der Waals surface area (Å²) in [6, 6.07) is 7.97. The summed E-state index contributed by atoms with van der Waals surface area (Å²) in [6.45, 7) is 4.19. The van der Waals surface area contributed by atoms with Crippen molar-refractivity contribution in [3.05, 3.63) is 35.3 Å². The summed E-state index contributed by atoms with van der Waals surface area (Å²) in [4.78, 5) is 17.5. The molecule has 0 aliphatic carbocycles. The third-order valence-electron chi connectivity index (χ3n) is 3.24. The van der Waals surface area contributed by atoms with Crippen molar-refractivity contribution in [3.8, 4) is 5.75 Å². The Bertz CT molecular complexity index is 624. The number of benzene rings is 1. The van der Waals surface area contributed by atoms with Crippen molar-refractivity contribution in [2.24, 2.45) is 0 Å². The Balaban J connectivity index is 1.67. The number of aromatic nitrogens is 1. The number of rotatable bonds is 8. The fourth-order valence-electron chi connectivity index (χ4n) is 1.89. The highest BCUT2D eigenvalue weighted by Crippen LogP contribution is 2.23. The Morgan fingerprint density at radius 3 is 2.70 bits per heavy atom. The minimum absolute atomic E-state index is 0.0324. The topological polar surface area (TPSA) is 51.2 Å². The Labute approximate surface area is 145 Å². The molecule has 1 N–H and O–H groups in total. The first kappa shape index (κ1) is 17.8. The summed E-state index contributed by atoms with van der Waals surface area (Å²) in [5.74, 6) is 2.19. The van der Waals surface area contributed by atoms with E-state index in [-0.39, 0.29) is 5.91 Å². The van der Waals surface area contributed by atoms with Gasteiger partial charge in [0.25, 0.3) is 0 Å². The van der Waals surface area contributed by atoms with Crippen LogP contribution in [0.2, 0.25) is 0 Å². The largest absolute Gasteiger partial charge is 0.497 e. The molecule has 2 aromatic rings. The van der Waals surface area contributed by atoms with Crippen molar-refractivity contribution in [2.45, 2.75) is 37.5 Å². The highest BCUT2D eigenvalue weighted by atomic mass is 32.2. The van der Waals surface area contributed by atoms with E-state index in [1.165, 1.54) is 16.2 Å². The number of hydrogen-bond donors (Lipinski definition) is 1. The second kappa shape index (κ2) is 8.93. The number of anilines is 1. The standard InChI is InChI=1S/C17H22N2O2S2/c1-12(2)15-11-23-17(18-15)19-16(20)5-4-10-22-14-8-6-13(21-3)7-9-14/h6-9,11-12H,4-5,10H2,1-3H3,(H,18,19,20). The molecule has 0 unspecified atom stereocenters. The fourth-order valence-corrected chi connectivity index (χ4v) is 3.63. The van der Waals surface area contributed by atoms with Crippen LogP contribution in [0.5, 0.6) is 5.75 Å². The van der Waals surface area contributed by atoms with Gasteiger partial charge in [-0.15, -0.1) is 23.1 Å². The molecule has 0 saturated carbocycles. The van der Waals surface area contributed by atoms with Crippen molar-refractivity contribution < 1.29 is 9.53 Å². The Morgan fingerprint density at radius 1 is 1.35 bits per heavy atom. The predicted molar refractivity (Wildman–Crippen MR) is 97.8 cm³/mol. The quantitative estimate of drug-likeness (QED) is 0.549. The molecular weight excluding hydrogens is 328 g/mol. The normalized spacial score (nSPS) is 10.8.